The number of aromatic nitrogens is 1. The topological polar surface area (TPSA) is 110 Å². The molecule has 0 saturated heterocycles. The number of halogens is 1. The van der Waals surface area contributed by atoms with Crippen molar-refractivity contribution in [2.24, 2.45) is 0 Å². The molecule has 2 rings (SSSR count). The van der Waals surface area contributed by atoms with E-state index < -0.39 is 24.5 Å². The second kappa shape index (κ2) is 8.32. The number of H-pyrrole nitrogens is 1. The number of methoxy groups -OCH3 is 1. The van der Waals surface area contributed by atoms with Gasteiger partial charge in [-0.2, -0.15) is 0 Å². The highest BCUT2D eigenvalue weighted by Gasteiger charge is 2.19. The van der Waals surface area contributed by atoms with Crippen molar-refractivity contribution in [2.45, 2.75) is 0 Å². The summed E-state index contributed by atoms with van der Waals surface area (Å²) in [5.41, 5.74) is 0.728. The maximum Gasteiger partial charge on any atom is 0.356 e. The highest BCUT2D eigenvalue weighted by molar-refractivity contribution is 6.38. The molecule has 0 fully saturated rings. The van der Waals surface area contributed by atoms with Crippen molar-refractivity contribution < 1.29 is 23.9 Å². The monoisotopic (exact) mass is 353 g/mol. The molecule has 3 amide bonds. The van der Waals surface area contributed by atoms with Gasteiger partial charge in [-0.15, -0.1) is 0 Å². The molecule has 0 unspecified atom stereocenters. The fraction of sp³-hybridized carbons (Fsp3) is 0.267. The lowest BCUT2D eigenvalue weighted by Gasteiger charge is -2.06. The molecule has 1 aromatic carbocycles. The van der Waals surface area contributed by atoms with Gasteiger partial charge in [0.1, 0.15) is 5.69 Å². The molecule has 1 aromatic heterocycles. The van der Waals surface area contributed by atoms with Crippen LogP contribution in [0, 0.1) is 0 Å². The number of carbonyl (C=O) groups excluding carboxylic acids is 3. The zero-order valence-electron chi connectivity index (χ0n) is 12.8. The van der Waals surface area contributed by atoms with Crippen molar-refractivity contribution in [2.75, 3.05) is 26.9 Å². The van der Waals surface area contributed by atoms with Gasteiger partial charge in [0.15, 0.2) is 6.61 Å². The summed E-state index contributed by atoms with van der Waals surface area (Å²) in [6.07, 6.45) is 0. The van der Waals surface area contributed by atoms with E-state index in [1.165, 1.54) is 7.11 Å². The Morgan fingerprint density at radius 1 is 1.25 bits per heavy atom. The third-order valence-electron chi connectivity index (χ3n) is 3.03. The molecule has 0 atom stereocenters. The molecule has 0 radical (unpaired) electrons. The first-order chi connectivity index (χ1) is 11.5. The van der Waals surface area contributed by atoms with Gasteiger partial charge in [-0.25, -0.2) is 9.59 Å². The van der Waals surface area contributed by atoms with Crippen molar-refractivity contribution in [3.05, 3.63) is 35.0 Å². The van der Waals surface area contributed by atoms with Gasteiger partial charge in [0, 0.05) is 24.6 Å². The van der Waals surface area contributed by atoms with Crippen LogP contribution in [0.3, 0.4) is 0 Å². The Balaban J connectivity index is 1.87. The molecule has 9 heteroatoms. The van der Waals surface area contributed by atoms with Crippen molar-refractivity contribution in [1.29, 1.82) is 0 Å². The molecule has 0 bridgehead atoms. The van der Waals surface area contributed by atoms with Gasteiger partial charge in [0.2, 0.25) is 0 Å². The van der Waals surface area contributed by atoms with Crippen LogP contribution in [0.15, 0.2) is 24.3 Å². The Morgan fingerprint density at radius 2 is 2.00 bits per heavy atom. The molecule has 0 aliphatic carbocycles. The number of nitrogens with one attached hydrogen (secondary N) is 3. The first-order valence-corrected chi connectivity index (χ1v) is 7.40. The van der Waals surface area contributed by atoms with Gasteiger partial charge in [0.25, 0.3) is 5.91 Å². The van der Waals surface area contributed by atoms with Crippen LogP contribution in [0.5, 0.6) is 0 Å². The predicted octanol–water partition coefficient (Wildman–Crippen LogP) is 1.45. The van der Waals surface area contributed by atoms with Gasteiger partial charge < -0.3 is 19.8 Å². The number of hydrogen-bond donors (Lipinski definition) is 3. The average Bonchev–Trinajstić information content (AvgIpc) is 2.90. The molecule has 2 aromatic rings. The summed E-state index contributed by atoms with van der Waals surface area (Å²) in [5, 5.41) is 5.31. The summed E-state index contributed by atoms with van der Waals surface area (Å²) >= 11 is 6.11. The maximum absolute atomic E-state index is 12.0. The van der Waals surface area contributed by atoms with E-state index in [1.54, 1.807) is 24.3 Å². The SMILES string of the molecule is COCCNC(=O)NC(=O)COC(=O)c1[nH]c2ccccc2c1Cl. The third-order valence-corrected chi connectivity index (χ3v) is 3.42. The summed E-state index contributed by atoms with van der Waals surface area (Å²) in [5.74, 6) is -1.54. The van der Waals surface area contributed by atoms with E-state index in [9.17, 15) is 14.4 Å². The maximum atomic E-state index is 12.0. The largest absolute Gasteiger partial charge is 0.451 e. The Bertz CT molecular complexity index is 759. The highest BCUT2D eigenvalue weighted by Crippen LogP contribution is 2.27. The Labute approximate surface area is 142 Å². The van der Waals surface area contributed by atoms with Crippen LogP contribution in [0.4, 0.5) is 4.79 Å². The Morgan fingerprint density at radius 3 is 2.71 bits per heavy atom. The average molecular weight is 354 g/mol. The second-order valence-electron chi connectivity index (χ2n) is 4.73. The molecule has 0 spiro atoms. The number of para-hydroxylation sites is 1. The van der Waals surface area contributed by atoms with Crippen molar-refractivity contribution >= 4 is 40.4 Å². The zero-order chi connectivity index (χ0) is 17.5. The van der Waals surface area contributed by atoms with Crippen LogP contribution in [0.25, 0.3) is 10.9 Å². The van der Waals surface area contributed by atoms with Crippen LogP contribution in [0.2, 0.25) is 5.02 Å². The first kappa shape index (κ1) is 17.8. The fourth-order valence-corrected chi connectivity index (χ4v) is 2.21. The third kappa shape index (κ3) is 4.46. The van der Waals surface area contributed by atoms with Crippen molar-refractivity contribution in [3.63, 3.8) is 0 Å². The van der Waals surface area contributed by atoms with E-state index >= 15 is 0 Å². The molecular formula is C15H16ClN3O5. The predicted molar refractivity (Wildman–Crippen MR) is 87.0 cm³/mol. The first-order valence-electron chi connectivity index (χ1n) is 7.03. The van der Waals surface area contributed by atoms with Gasteiger partial charge >= 0.3 is 12.0 Å². The smallest absolute Gasteiger partial charge is 0.356 e. The number of urea groups is 1. The summed E-state index contributed by atoms with van der Waals surface area (Å²) < 4.78 is 9.60. The van der Waals surface area contributed by atoms with E-state index in [1.807, 2.05) is 5.32 Å². The number of amides is 3. The number of imide groups is 1. The quantitative estimate of drug-likeness (QED) is 0.538. The van der Waals surface area contributed by atoms with Gasteiger partial charge in [0.05, 0.1) is 11.6 Å². The van der Waals surface area contributed by atoms with Gasteiger partial charge in [-0.1, -0.05) is 29.8 Å². The normalized spacial score (nSPS) is 10.4. The minimum Gasteiger partial charge on any atom is -0.451 e. The molecule has 1 heterocycles. The summed E-state index contributed by atoms with van der Waals surface area (Å²) in [6, 6.07) is 6.39. The molecule has 128 valence electrons. The molecule has 0 aliphatic rings. The lowest BCUT2D eigenvalue weighted by atomic mass is 10.2. The van der Waals surface area contributed by atoms with Crippen LogP contribution >= 0.6 is 11.6 Å². The summed E-state index contributed by atoms with van der Waals surface area (Å²) in [7, 11) is 1.49. The molecular weight excluding hydrogens is 338 g/mol. The van der Waals surface area contributed by atoms with Crippen LogP contribution < -0.4 is 10.6 Å². The van der Waals surface area contributed by atoms with Crippen LogP contribution in [-0.4, -0.2) is 49.8 Å². The molecule has 3 N–H and O–H groups in total. The van der Waals surface area contributed by atoms with E-state index in [-0.39, 0.29) is 17.3 Å². The Hall–Kier alpha value is -2.58. The van der Waals surface area contributed by atoms with E-state index in [0.717, 1.165) is 0 Å². The number of esters is 1. The van der Waals surface area contributed by atoms with E-state index in [4.69, 9.17) is 21.1 Å². The molecule has 8 nitrogen and oxygen atoms in total. The number of carbonyl (C=O) groups is 3. The summed E-state index contributed by atoms with van der Waals surface area (Å²) in [4.78, 5) is 37.7. The lowest BCUT2D eigenvalue weighted by Crippen LogP contribution is -2.42. The lowest BCUT2D eigenvalue weighted by molar-refractivity contribution is -0.123. The van der Waals surface area contributed by atoms with Crippen LogP contribution in [-0.2, 0) is 14.3 Å². The minimum absolute atomic E-state index is 0.0511. The minimum atomic E-state index is -0.786. The van der Waals surface area contributed by atoms with E-state index in [2.05, 4.69) is 10.3 Å². The number of aromatic amines is 1. The van der Waals surface area contributed by atoms with E-state index in [0.29, 0.717) is 17.5 Å². The van der Waals surface area contributed by atoms with Crippen molar-refractivity contribution in [3.8, 4) is 0 Å². The molecule has 0 saturated carbocycles. The Kier molecular flexibility index (Phi) is 6.16. The summed E-state index contributed by atoms with van der Waals surface area (Å²) in [6.45, 7) is -0.0439. The second-order valence-corrected chi connectivity index (χ2v) is 5.11. The number of benzene rings is 1. The van der Waals surface area contributed by atoms with Gasteiger partial charge in [-0.05, 0) is 6.07 Å². The van der Waals surface area contributed by atoms with Gasteiger partial charge in [-0.3, -0.25) is 10.1 Å². The number of hydrogen-bond acceptors (Lipinski definition) is 5. The van der Waals surface area contributed by atoms with Crippen LogP contribution in [0.1, 0.15) is 10.5 Å². The van der Waals surface area contributed by atoms with Crippen molar-refractivity contribution in [1.82, 2.24) is 15.6 Å². The molecule has 24 heavy (non-hydrogen) atoms. The number of ether oxygens (including phenoxy) is 2. The zero-order valence-corrected chi connectivity index (χ0v) is 13.6. The fourth-order valence-electron chi connectivity index (χ4n) is 1.93. The standard InChI is InChI=1S/C15H16ClN3O5/c1-23-7-6-17-15(22)19-11(20)8-24-14(21)13-12(16)9-4-2-3-5-10(9)18-13/h2-5,18H,6-8H2,1H3,(H2,17,19,20,22). The highest BCUT2D eigenvalue weighted by atomic mass is 35.5. The number of rotatable bonds is 6. The number of fused-ring (bicyclic) bond motifs is 1. The molecule has 0 aliphatic heterocycles.